The highest BCUT2D eigenvalue weighted by Crippen LogP contribution is 2.22. The third kappa shape index (κ3) is 4.77. The second kappa shape index (κ2) is 8.29. The van der Waals surface area contributed by atoms with Crippen LogP contribution in [-0.2, 0) is 26.4 Å². The largest absolute Gasteiger partial charge is 0.338 e. The van der Waals surface area contributed by atoms with Gasteiger partial charge in [-0.25, -0.2) is 16.8 Å². The van der Waals surface area contributed by atoms with Crippen LogP contribution < -0.4 is 0 Å². The van der Waals surface area contributed by atoms with Crippen LogP contribution in [0.2, 0.25) is 0 Å². The summed E-state index contributed by atoms with van der Waals surface area (Å²) in [7, 11) is -5.88. The minimum atomic E-state index is -3.86. The van der Waals surface area contributed by atoms with Gasteiger partial charge in [-0.3, -0.25) is 0 Å². The maximum absolute atomic E-state index is 12.8. The topological polar surface area (TPSA) is 110 Å². The maximum atomic E-state index is 12.8. The molecule has 0 radical (unpaired) electrons. The first-order chi connectivity index (χ1) is 14.0. The summed E-state index contributed by atoms with van der Waals surface area (Å²) in [5, 5.41) is 3.93. The molecule has 0 saturated carbocycles. The lowest BCUT2D eigenvalue weighted by molar-refractivity contribution is 0.337. The molecule has 0 fully saturated rings. The van der Waals surface area contributed by atoms with E-state index in [1.807, 2.05) is 24.3 Å². The summed E-state index contributed by atoms with van der Waals surface area (Å²) in [6.45, 7) is 4.09. The second-order valence-electron chi connectivity index (χ2n) is 7.29. The van der Waals surface area contributed by atoms with Gasteiger partial charge in [0.25, 0.3) is 0 Å². The van der Waals surface area contributed by atoms with E-state index in [4.69, 9.17) is 4.52 Å². The van der Waals surface area contributed by atoms with Gasteiger partial charge >= 0.3 is 0 Å². The summed E-state index contributed by atoms with van der Waals surface area (Å²) in [6.07, 6.45) is 1.06. The van der Waals surface area contributed by atoms with Crippen LogP contribution in [0.3, 0.4) is 0 Å². The number of nitrogens with zero attached hydrogens (tertiary/aromatic N) is 3. The molecule has 1 aromatic heterocycles. The fraction of sp³-hybridized carbons (Fsp3) is 0.300. The first-order valence-corrected chi connectivity index (χ1v) is 12.5. The number of aromatic nitrogens is 2. The molecule has 30 heavy (non-hydrogen) atoms. The molecule has 10 heteroatoms. The first kappa shape index (κ1) is 22.1. The molecule has 3 aromatic rings. The third-order valence-electron chi connectivity index (χ3n) is 4.62. The van der Waals surface area contributed by atoms with Crippen molar-refractivity contribution in [1.29, 1.82) is 0 Å². The van der Waals surface area contributed by atoms with E-state index in [-0.39, 0.29) is 22.2 Å². The Morgan fingerprint density at radius 3 is 2.03 bits per heavy atom. The van der Waals surface area contributed by atoms with Gasteiger partial charge in [0, 0.05) is 18.9 Å². The number of hydrogen-bond acceptors (Lipinski definition) is 7. The molecule has 160 valence electrons. The monoisotopic (exact) mass is 449 g/mol. The predicted octanol–water partition coefficient (Wildman–Crippen LogP) is 3.08. The van der Waals surface area contributed by atoms with Gasteiger partial charge in [0.2, 0.25) is 21.7 Å². The van der Waals surface area contributed by atoms with Gasteiger partial charge in [0.15, 0.2) is 9.84 Å². The number of sulfone groups is 1. The molecule has 0 amide bonds. The molecule has 0 aliphatic carbocycles. The Morgan fingerprint density at radius 1 is 0.933 bits per heavy atom. The minimum absolute atomic E-state index is 0.0265. The zero-order valence-electron chi connectivity index (χ0n) is 17.1. The Balaban J connectivity index is 1.76. The van der Waals surface area contributed by atoms with Crippen molar-refractivity contribution in [2.24, 2.45) is 0 Å². The fourth-order valence-electron chi connectivity index (χ4n) is 2.77. The Hall–Kier alpha value is -2.56. The average molecular weight is 450 g/mol. The molecule has 8 nitrogen and oxygen atoms in total. The quantitative estimate of drug-likeness (QED) is 0.545. The van der Waals surface area contributed by atoms with Gasteiger partial charge in [0.1, 0.15) is 0 Å². The Kier molecular flexibility index (Phi) is 6.11. The SMILES string of the molecule is CC(C)c1ccc(-c2noc(CN(C)S(=O)(=O)c3ccc(S(C)(=O)=O)cc3)n2)cc1. The van der Waals surface area contributed by atoms with E-state index in [0.717, 1.165) is 16.1 Å². The van der Waals surface area contributed by atoms with Crippen LogP contribution in [0.25, 0.3) is 11.4 Å². The van der Waals surface area contributed by atoms with Gasteiger partial charge in [-0.1, -0.05) is 43.3 Å². The van der Waals surface area contributed by atoms with Crippen LogP contribution in [0.1, 0.15) is 31.2 Å². The van der Waals surface area contributed by atoms with Crippen molar-refractivity contribution in [1.82, 2.24) is 14.4 Å². The van der Waals surface area contributed by atoms with Gasteiger partial charge in [-0.05, 0) is 35.7 Å². The van der Waals surface area contributed by atoms with E-state index < -0.39 is 19.9 Å². The highest BCUT2D eigenvalue weighted by molar-refractivity contribution is 7.90. The Bertz CT molecular complexity index is 1230. The summed E-state index contributed by atoms with van der Waals surface area (Å²) < 4.78 is 54.9. The number of sulfonamides is 1. The van der Waals surface area contributed by atoms with Gasteiger partial charge in [0.05, 0.1) is 16.3 Å². The average Bonchev–Trinajstić information content (AvgIpc) is 3.16. The molecule has 0 atom stereocenters. The normalized spacial score (nSPS) is 12.6. The van der Waals surface area contributed by atoms with Gasteiger partial charge in [-0.15, -0.1) is 0 Å². The highest BCUT2D eigenvalue weighted by atomic mass is 32.2. The highest BCUT2D eigenvalue weighted by Gasteiger charge is 2.24. The maximum Gasteiger partial charge on any atom is 0.243 e. The van der Waals surface area contributed by atoms with Gasteiger partial charge < -0.3 is 4.52 Å². The summed E-state index contributed by atoms with van der Waals surface area (Å²) in [5.74, 6) is 0.936. The zero-order chi connectivity index (χ0) is 22.1. The molecule has 1 heterocycles. The summed E-state index contributed by atoms with van der Waals surface area (Å²) >= 11 is 0. The first-order valence-electron chi connectivity index (χ1n) is 9.18. The molecule has 0 bridgehead atoms. The Labute approximate surface area is 176 Å². The summed E-state index contributed by atoms with van der Waals surface area (Å²) in [5.41, 5.74) is 1.96. The smallest absolute Gasteiger partial charge is 0.243 e. The third-order valence-corrected chi connectivity index (χ3v) is 7.57. The second-order valence-corrected chi connectivity index (χ2v) is 11.4. The minimum Gasteiger partial charge on any atom is -0.338 e. The van der Waals surface area contributed by atoms with Crippen LogP contribution in [0.15, 0.2) is 62.8 Å². The molecule has 0 spiro atoms. The van der Waals surface area contributed by atoms with Crippen molar-refractivity contribution < 1.29 is 21.4 Å². The van der Waals surface area contributed by atoms with E-state index in [0.29, 0.717) is 11.7 Å². The van der Waals surface area contributed by atoms with Crippen molar-refractivity contribution >= 4 is 19.9 Å². The van der Waals surface area contributed by atoms with E-state index in [2.05, 4.69) is 24.0 Å². The van der Waals surface area contributed by atoms with Gasteiger partial charge in [-0.2, -0.15) is 9.29 Å². The van der Waals surface area contributed by atoms with Crippen LogP contribution in [0, 0.1) is 0 Å². The predicted molar refractivity (Wildman–Crippen MR) is 112 cm³/mol. The molecule has 0 N–H and O–H groups in total. The lowest BCUT2D eigenvalue weighted by atomic mass is 10.0. The lowest BCUT2D eigenvalue weighted by Gasteiger charge is -2.15. The molecule has 0 unspecified atom stereocenters. The molecular weight excluding hydrogens is 426 g/mol. The Morgan fingerprint density at radius 2 is 1.50 bits per heavy atom. The van der Waals surface area contributed by atoms with Crippen molar-refractivity contribution in [2.75, 3.05) is 13.3 Å². The van der Waals surface area contributed by atoms with Crippen LogP contribution in [-0.4, -0.2) is 44.6 Å². The van der Waals surface area contributed by atoms with Crippen LogP contribution in [0.4, 0.5) is 0 Å². The van der Waals surface area contributed by atoms with E-state index in [1.165, 1.54) is 36.9 Å². The standard InChI is InChI=1S/C20H23N3O5S2/c1-14(2)15-5-7-16(8-6-15)20-21-19(28-22-20)13-23(3)30(26,27)18-11-9-17(10-12-18)29(4,24)25/h5-12,14H,13H2,1-4H3. The van der Waals surface area contributed by atoms with Crippen LogP contribution in [0.5, 0.6) is 0 Å². The van der Waals surface area contributed by atoms with Crippen LogP contribution >= 0.6 is 0 Å². The summed E-state index contributed by atoms with van der Waals surface area (Å²) in [6, 6.07) is 12.8. The molecule has 3 rings (SSSR count). The van der Waals surface area contributed by atoms with Crippen molar-refractivity contribution in [3.8, 4) is 11.4 Å². The fourth-order valence-corrected chi connectivity index (χ4v) is 4.52. The number of rotatable bonds is 7. The van der Waals surface area contributed by atoms with Crippen molar-refractivity contribution in [3.63, 3.8) is 0 Å². The van der Waals surface area contributed by atoms with Crippen molar-refractivity contribution in [3.05, 3.63) is 60.0 Å². The van der Waals surface area contributed by atoms with E-state index in [1.54, 1.807) is 0 Å². The molecule has 0 aliphatic rings. The lowest BCUT2D eigenvalue weighted by Crippen LogP contribution is -2.26. The number of benzene rings is 2. The summed E-state index contributed by atoms with van der Waals surface area (Å²) in [4.78, 5) is 4.31. The molecular formula is C20H23N3O5S2. The molecule has 2 aromatic carbocycles. The zero-order valence-corrected chi connectivity index (χ0v) is 18.7. The van der Waals surface area contributed by atoms with E-state index in [9.17, 15) is 16.8 Å². The van der Waals surface area contributed by atoms with Crippen molar-refractivity contribution in [2.45, 2.75) is 36.1 Å². The molecule has 0 aliphatic heterocycles. The molecule has 0 saturated heterocycles. The number of hydrogen-bond donors (Lipinski definition) is 0. The van der Waals surface area contributed by atoms with E-state index >= 15 is 0 Å².